The second-order valence-corrected chi connectivity index (χ2v) is 5.15. The van der Waals surface area contributed by atoms with Crippen LogP contribution >= 0.6 is 15.9 Å². The summed E-state index contributed by atoms with van der Waals surface area (Å²) in [6, 6.07) is 6.96. The van der Waals surface area contributed by atoms with Crippen molar-refractivity contribution >= 4 is 15.9 Å². The van der Waals surface area contributed by atoms with Gasteiger partial charge in [-0.15, -0.1) is 0 Å². The molecule has 1 aromatic rings. The quantitative estimate of drug-likeness (QED) is 0.863. The molecule has 1 atom stereocenters. The number of ether oxygens (including phenoxy) is 1. The molecule has 3 nitrogen and oxygen atoms in total. The molecular formula is C12H15BrF3NO2. The van der Waals surface area contributed by atoms with Crippen LogP contribution in [0.4, 0.5) is 13.2 Å². The Morgan fingerprint density at radius 3 is 2.42 bits per heavy atom. The molecule has 0 radical (unpaired) electrons. The lowest BCUT2D eigenvalue weighted by molar-refractivity contribution is -0.145. The van der Waals surface area contributed by atoms with Gasteiger partial charge in [0.15, 0.2) is 0 Å². The number of hydrogen-bond acceptors (Lipinski definition) is 3. The maximum absolute atomic E-state index is 12.1. The van der Waals surface area contributed by atoms with Crippen molar-refractivity contribution < 1.29 is 23.0 Å². The molecule has 0 amide bonds. The van der Waals surface area contributed by atoms with E-state index in [1.165, 1.54) is 7.05 Å². The molecule has 7 heteroatoms. The molecule has 19 heavy (non-hydrogen) atoms. The van der Waals surface area contributed by atoms with Crippen molar-refractivity contribution in [1.29, 1.82) is 0 Å². The minimum Gasteiger partial charge on any atom is -0.491 e. The predicted molar refractivity (Wildman–Crippen MR) is 69.2 cm³/mol. The maximum Gasteiger partial charge on any atom is 0.401 e. The molecule has 0 bridgehead atoms. The number of rotatable bonds is 6. The van der Waals surface area contributed by atoms with Crippen molar-refractivity contribution in [2.75, 3.05) is 26.7 Å². The van der Waals surface area contributed by atoms with E-state index in [-0.39, 0.29) is 13.2 Å². The first-order chi connectivity index (χ1) is 8.76. The normalized spacial score (nSPS) is 13.6. The summed E-state index contributed by atoms with van der Waals surface area (Å²) in [6.45, 7) is -1.21. The standard InChI is InChI=1S/C12H15BrF3NO2/c1-17(8-12(14,15)16)6-10(18)7-19-11-4-2-9(13)3-5-11/h2-5,10,18H,6-8H2,1H3. The van der Waals surface area contributed by atoms with E-state index in [9.17, 15) is 18.3 Å². The molecular weight excluding hydrogens is 327 g/mol. The van der Waals surface area contributed by atoms with E-state index in [0.29, 0.717) is 5.75 Å². The summed E-state index contributed by atoms with van der Waals surface area (Å²) in [7, 11) is 1.30. The molecule has 0 saturated heterocycles. The fourth-order valence-electron chi connectivity index (χ4n) is 1.51. The molecule has 0 spiro atoms. The highest BCUT2D eigenvalue weighted by Gasteiger charge is 2.29. The molecule has 0 aliphatic carbocycles. The number of likely N-dealkylation sites (N-methyl/N-ethyl adjacent to an activating group) is 1. The summed E-state index contributed by atoms with van der Waals surface area (Å²) in [5.74, 6) is 0.556. The Kier molecular flexibility index (Phi) is 6.09. The van der Waals surface area contributed by atoms with Crippen LogP contribution in [0.15, 0.2) is 28.7 Å². The monoisotopic (exact) mass is 341 g/mol. The lowest BCUT2D eigenvalue weighted by atomic mass is 10.3. The second-order valence-electron chi connectivity index (χ2n) is 4.23. The molecule has 1 unspecified atom stereocenters. The van der Waals surface area contributed by atoms with Crippen LogP contribution in [-0.2, 0) is 0 Å². The number of halogens is 4. The van der Waals surface area contributed by atoms with Crippen molar-refractivity contribution in [1.82, 2.24) is 4.90 Å². The SMILES string of the molecule is CN(CC(O)COc1ccc(Br)cc1)CC(F)(F)F. The molecule has 1 aromatic carbocycles. The van der Waals surface area contributed by atoms with Crippen molar-refractivity contribution in [3.05, 3.63) is 28.7 Å². The molecule has 0 aliphatic heterocycles. The summed E-state index contributed by atoms with van der Waals surface area (Å²) in [5, 5.41) is 9.59. The van der Waals surface area contributed by atoms with E-state index in [1.807, 2.05) is 0 Å². The van der Waals surface area contributed by atoms with Gasteiger partial charge in [-0.1, -0.05) is 15.9 Å². The molecule has 0 saturated carbocycles. The first kappa shape index (κ1) is 16.3. The largest absolute Gasteiger partial charge is 0.491 e. The van der Waals surface area contributed by atoms with Gasteiger partial charge < -0.3 is 9.84 Å². The van der Waals surface area contributed by atoms with Crippen LogP contribution in [0.2, 0.25) is 0 Å². The second kappa shape index (κ2) is 7.12. The summed E-state index contributed by atoms with van der Waals surface area (Å²) < 4.78 is 42.4. The van der Waals surface area contributed by atoms with Crippen LogP contribution in [0.5, 0.6) is 5.75 Å². The molecule has 0 heterocycles. The van der Waals surface area contributed by atoms with Crippen molar-refractivity contribution in [3.63, 3.8) is 0 Å². The number of aliphatic hydroxyl groups excluding tert-OH is 1. The Balaban J connectivity index is 2.31. The van der Waals surface area contributed by atoms with Crippen LogP contribution in [0.25, 0.3) is 0 Å². The van der Waals surface area contributed by atoms with Crippen molar-refractivity contribution in [2.24, 2.45) is 0 Å². The predicted octanol–water partition coefficient (Wildman–Crippen LogP) is 2.68. The highest BCUT2D eigenvalue weighted by Crippen LogP contribution is 2.17. The highest BCUT2D eigenvalue weighted by atomic mass is 79.9. The van der Waals surface area contributed by atoms with Gasteiger partial charge in [0, 0.05) is 11.0 Å². The maximum atomic E-state index is 12.1. The lowest BCUT2D eigenvalue weighted by Crippen LogP contribution is -2.38. The third-order valence-electron chi connectivity index (χ3n) is 2.23. The van der Waals surface area contributed by atoms with Gasteiger partial charge >= 0.3 is 6.18 Å². The average Bonchev–Trinajstić information content (AvgIpc) is 2.25. The Bertz CT molecular complexity index is 384. The zero-order valence-electron chi connectivity index (χ0n) is 10.3. The number of hydrogen-bond donors (Lipinski definition) is 1. The Hall–Kier alpha value is -0.790. The smallest absolute Gasteiger partial charge is 0.401 e. The minimum absolute atomic E-state index is 0.0518. The minimum atomic E-state index is -4.26. The Morgan fingerprint density at radius 1 is 1.32 bits per heavy atom. The summed E-state index contributed by atoms with van der Waals surface area (Å²) in [6.07, 6.45) is -5.24. The molecule has 1 N–H and O–H groups in total. The Morgan fingerprint density at radius 2 is 1.89 bits per heavy atom. The number of benzene rings is 1. The topological polar surface area (TPSA) is 32.7 Å². The number of alkyl halides is 3. The third kappa shape index (κ3) is 7.39. The van der Waals surface area contributed by atoms with Gasteiger partial charge in [-0.2, -0.15) is 13.2 Å². The van der Waals surface area contributed by atoms with Crippen LogP contribution in [0, 0.1) is 0 Å². The van der Waals surface area contributed by atoms with Gasteiger partial charge in [0.2, 0.25) is 0 Å². The van der Waals surface area contributed by atoms with Gasteiger partial charge in [0.25, 0.3) is 0 Å². The summed E-state index contributed by atoms with van der Waals surface area (Å²) in [5.41, 5.74) is 0. The van der Waals surface area contributed by atoms with E-state index in [4.69, 9.17) is 4.74 Å². The fraction of sp³-hybridized carbons (Fsp3) is 0.500. The van der Waals surface area contributed by atoms with E-state index in [0.717, 1.165) is 9.37 Å². The number of nitrogens with zero attached hydrogens (tertiary/aromatic N) is 1. The highest BCUT2D eigenvalue weighted by molar-refractivity contribution is 9.10. The van der Waals surface area contributed by atoms with Gasteiger partial charge in [-0.05, 0) is 31.3 Å². The van der Waals surface area contributed by atoms with Crippen LogP contribution in [-0.4, -0.2) is 49.0 Å². The van der Waals surface area contributed by atoms with Crippen LogP contribution in [0.3, 0.4) is 0 Å². The third-order valence-corrected chi connectivity index (χ3v) is 2.76. The van der Waals surface area contributed by atoms with Crippen molar-refractivity contribution in [3.8, 4) is 5.75 Å². The van der Waals surface area contributed by atoms with E-state index in [2.05, 4.69) is 15.9 Å². The van der Waals surface area contributed by atoms with E-state index in [1.54, 1.807) is 24.3 Å². The van der Waals surface area contributed by atoms with E-state index >= 15 is 0 Å². The van der Waals surface area contributed by atoms with Crippen LogP contribution in [0.1, 0.15) is 0 Å². The molecule has 1 rings (SSSR count). The average molecular weight is 342 g/mol. The van der Waals surface area contributed by atoms with Gasteiger partial charge in [-0.3, -0.25) is 4.90 Å². The van der Waals surface area contributed by atoms with Crippen molar-refractivity contribution in [2.45, 2.75) is 12.3 Å². The molecule has 0 aliphatic rings. The first-order valence-corrected chi connectivity index (χ1v) is 6.37. The zero-order valence-corrected chi connectivity index (χ0v) is 11.9. The summed E-state index contributed by atoms with van der Waals surface area (Å²) in [4.78, 5) is 1.01. The van der Waals surface area contributed by atoms with E-state index < -0.39 is 18.8 Å². The molecule has 108 valence electrons. The number of aliphatic hydroxyl groups is 1. The zero-order chi connectivity index (χ0) is 14.5. The van der Waals surface area contributed by atoms with Gasteiger partial charge in [0.05, 0.1) is 6.54 Å². The van der Waals surface area contributed by atoms with Gasteiger partial charge in [0.1, 0.15) is 18.5 Å². The fourth-order valence-corrected chi connectivity index (χ4v) is 1.77. The van der Waals surface area contributed by atoms with Gasteiger partial charge in [-0.25, -0.2) is 0 Å². The molecule has 0 aromatic heterocycles. The van der Waals surface area contributed by atoms with Crippen LogP contribution < -0.4 is 4.74 Å². The first-order valence-electron chi connectivity index (χ1n) is 5.58. The summed E-state index contributed by atoms with van der Waals surface area (Å²) >= 11 is 3.27. The Labute approximate surface area is 118 Å². The molecule has 0 fully saturated rings. The lowest BCUT2D eigenvalue weighted by Gasteiger charge is -2.21.